The maximum atomic E-state index is 12.2. The third-order valence-corrected chi connectivity index (χ3v) is 7.79. The van der Waals surface area contributed by atoms with Crippen molar-refractivity contribution in [2.45, 2.75) is 13.3 Å². The van der Waals surface area contributed by atoms with Gasteiger partial charge in [-0.3, -0.25) is 4.72 Å². The minimum atomic E-state index is -3.36. The molecule has 1 aliphatic rings. The highest BCUT2D eigenvalue weighted by molar-refractivity contribution is 7.92. The Labute approximate surface area is 211 Å². The molecule has 10 heteroatoms. The molecule has 0 unspecified atom stereocenters. The standard InChI is InChI=1S/C26H31N7O2S/c1-3-17-36(34,35)30-22-6-4-5-20(18-22)25-12-11-24-19-27-26(29-33(24)25)28-21-7-9-23(10-8-21)32-15-13-31(2)14-16-32/h4-12,18-19,30H,3,13-17H2,1-2H3,(H,28,29). The summed E-state index contributed by atoms with van der Waals surface area (Å²) in [4.78, 5) is 9.21. The molecule has 1 aliphatic heterocycles. The molecule has 0 spiro atoms. The van der Waals surface area contributed by atoms with Crippen LogP contribution in [0.4, 0.5) is 23.0 Å². The van der Waals surface area contributed by atoms with E-state index in [4.69, 9.17) is 5.10 Å². The Morgan fingerprint density at radius 1 is 0.944 bits per heavy atom. The largest absolute Gasteiger partial charge is 0.369 e. The average molecular weight is 506 g/mol. The van der Waals surface area contributed by atoms with Crippen LogP contribution in [0.1, 0.15) is 13.3 Å². The molecule has 36 heavy (non-hydrogen) atoms. The number of sulfonamides is 1. The second kappa shape index (κ2) is 10.2. The molecule has 0 aliphatic carbocycles. The molecule has 0 radical (unpaired) electrons. The van der Waals surface area contributed by atoms with Crippen LogP contribution in [0.25, 0.3) is 16.8 Å². The van der Waals surface area contributed by atoms with Crippen LogP contribution in [0.3, 0.4) is 0 Å². The number of likely N-dealkylation sites (N-methyl/N-ethyl adjacent to an activating group) is 1. The molecule has 4 aromatic rings. The molecule has 0 amide bonds. The maximum absolute atomic E-state index is 12.2. The molecule has 2 aromatic heterocycles. The third-order valence-electron chi connectivity index (χ3n) is 6.29. The van der Waals surface area contributed by atoms with Crippen molar-refractivity contribution in [1.29, 1.82) is 0 Å². The number of fused-ring (bicyclic) bond motifs is 1. The molecule has 2 aromatic carbocycles. The maximum Gasteiger partial charge on any atom is 0.245 e. The fourth-order valence-corrected chi connectivity index (χ4v) is 5.49. The van der Waals surface area contributed by atoms with Crippen LogP contribution in [0.5, 0.6) is 0 Å². The van der Waals surface area contributed by atoms with Crippen LogP contribution in [-0.2, 0) is 10.0 Å². The van der Waals surface area contributed by atoms with E-state index in [9.17, 15) is 8.42 Å². The van der Waals surface area contributed by atoms with E-state index in [1.807, 2.05) is 53.9 Å². The number of hydrogen-bond acceptors (Lipinski definition) is 7. The second-order valence-corrected chi connectivity index (χ2v) is 10.9. The molecule has 0 atom stereocenters. The smallest absolute Gasteiger partial charge is 0.245 e. The predicted octanol–water partition coefficient (Wildman–Crippen LogP) is 4.04. The number of nitrogens with zero attached hydrogens (tertiary/aromatic N) is 5. The Morgan fingerprint density at radius 2 is 1.72 bits per heavy atom. The van der Waals surface area contributed by atoms with E-state index in [1.165, 1.54) is 5.69 Å². The summed E-state index contributed by atoms with van der Waals surface area (Å²) in [6, 6.07) is 19.6. The Balaban J connectivity index is 1.35. The van der Waals surface area contributed by atoms with Gasteiger partial charge in [-0.05, 0) is 62.0 Å². The summed E-state index contributed by atoms with van der Waals surface area (Å²) in [7, 11) is -1.21. The van der Waals surface area contributed by atoms with Gasteiger partial charge in [-0.2, -0.15) is 0 Å². The summed E-state index contributed by atoms with van der Waals surface area (Å²) < 4.78 is 28.9. The number of benzene rings is 2. The predicted molar refractivity (Wildman–Crippen MR) is 146 cm³/mol. The first-order chi connectivity index (χ1) is 17.4. The van der Waals surface area contributed by atoms with Gasteiger partial charge in [0.2, 0.25) is 16.0 Å². The summed E-state index contributed by atoms with van der Waals surface area (Å²) >= 11 is 0. The first-order valence-corrected chi connectivity index (χ1v) is 13.8. The van der Waals surface area contributed by atoms with E-state index in [-0.39, 0.29) is 5.75 Å². The first kappa shape index (κ1) is 24.1. The van der Waals surface area contributed by atoms with Gasteiger partial charge in [0.15, 0.2) is 0 Å². The van der Waals surface area contributed by atoms with E-state index >= 15 is 0 Å². The van der Waals surface area contributed by atoms with E-state index in [2.05, 4.69) is 44.0 Å². The van der Waals surface area contributed by atoms with Crippen molar-refractivity contribution >= 4 is 38.6 Å². The van der Waals surface area contributed by atoms with Crippen molar-refractivity contribution in [2.75, 3.05) is 53.9 Å². The molecule has 1 saturated heterocycles. The van der Waals surface area contributed by atoms with Crippen LogP contribution in [0, 0.1) is 0 Å². The van der Waals surface area contributed by atoms with E-state index in [0.717, 1.165) is 48.6 Å². The molecular weight excluding hydrogens is 474 g/mol. The van der Waals surface area contributed by atoms with Gasteiger partial charge in [0, 0.05) is 48.8 Å². The fraction of sp³-hybridized carbons (Fsp3) is 0.308. The topological polar surface area (TPSA) is 94.9 Å². The zero-order valence-electron chi connectivity index (χ0n) is 20.6. The van der Waals surface area contributed by atoms with Gasteiger partial charge >= 0.3 is 0 Å². The van der Waals surface area contributed by atoms with Crippen molar-refractivity contribution < 1.29 is 8.42 Å². The zero-order chi connectivity index (χ0) is 25.1. The molecule has 1 fully saturated rings. The fourth-order valence-electron chi connectivity index (χ4n) is 4.37. The molecule has 9 nitrogen and oxygen atoms in total. The number of hydrogen-bond donors (Lipinski definition) is 2. The number of anilines is 4. The van der Waals surface area contributed by atoms with Gasteiger partial charge in [0.05, 0.1) is 23.2 Å². The monoisotopic (exact) mass is 505 g/mol. The molecular formula is C26H31N7O2S. The second-order valence-electron chi connectivity index (χ2n) is 9.10. The molecule has 5 rings (SSSR count). The lowest BCUT2D eigenvalue weighted by Crippen LogP contribution is -2.44. The summed E-state index contributed by atoms with van der Waals surface area (Å²) in [5.74, 6) is 0.566. The van der Waals surface area contributed by atoms with Gasteiger partial charge in [-0.25, -0.2) is 17.9 Å². The molecule has 0 bridgehead atoms. The average Bonchev–Trinajstić information content (AvgIpc) is 3.28. The molecule has 188 valence electrons. The SMILES string of the molecule is CCCS(=O)(=O)Nc1cccc(-c2ccc3cnc(Nc4ccc(N5CCN(C)CC5)cc4)nn23)c1. The van der Waals surface area contributed by atoms with Crippen LogP contribution in [0.2, 0.25) is 0 Å². The third kappa shape index (κ3) is 5.44. The summed E-state index contributed by atoms with van der Waals surface area (Å²) in [5.41, 5.74) is 5.20. The van der Waals surface area contributed by atoms with Crippen LogP contribution < -0.4 is 14.9 Å². The summed E-state index contributed by atoms with van der Waals surface area (Å²) in [6.07, 6.45) is 2.33. The van der Waals surface area contributed by atoms with Crippen LogP contribution >= 0.6 is 0 Å². The van der Waals surface area contributed by atoms with Crippen molar-refractivity contribution in [1.82, 2.24) is 19.5 Å². The Bertz CT molecular complexity index is 1440. The quantitative estimate of drug-likeness (QED) is 0.373. The lowest BCUT2D eigenvalue weighted by atomic mass is 10.1. The van der Waals surface area contributed by atoms with Crippen LogP contribution in [0.15, 0.2) is 66.9 Å². The molecule has 0 saturated carbocycles. The van der Waals surface area contributed by atoms with Gasteiger partial charge in [0.25, 0.3) is 0 Å². The van der Waals surface area contributed by atoms with E-state index < -0.39 is 10.0 Å². The van der Waals surface area contributed by atoms with Crippen molar-refractivity contribution in [3.63, 3.8) is 0 Å². The van der Waals surface area contributed by atoms with Crippen molar-refractivity contribution in [3.05, 3.63) is 66.9 Å². The lowest BCUT2D eigenvalue weighted by Gasteiger charge is -2.34. The summed E-state index contributed by atoms with van der Waals surface area (Å²) in [5, 5.41) is 8.00. The highest BCUT2D eigenvalue weighted by Crippen LogP contribution is 2.26. The minimum absolute atomic E-state index is 0.0872. The zero-order valence-corrected chi connectivity index (χ0v) is 21.4. The van der Waals surface area contributed by atoms with E-state index in [1.54, 1.807) is 12.3 Å². The van der Waals surface area contributed by atoms with Gasteiger partial charge in [-0.15, -0.1) is 5.10 Å². The van der Waals surface area contributed by atoms with Gasteiger partial charge in [-0.1, -0.05) is 19.1 Å². The van der Waals surface area contributed by atoms with Gasteiger partial charge in [0.1, 0.15) is 0 Å². The number of nitrogens with one attached hydrogen (secondary N) is 2. The van der Waals surface area contributed by atoms with Gasteiger partial charge < -0.3 is 15.1 Å². The minimum Gasteiger partial charge on any atom is -0.369 e. The lowest BCUT2D eigenvalue weighted by molar-refractivity contribution is 0.313. The van der Waals surface area contributed by atoms with E-state index in [0.29, 0.717) is 18.1 Å². The summed E-state index contributed by atoms with van der Waals surface area (Å²) in [6.45, 7) is 6.04. The van der Waals surface area contributed by atoms with Crippen LogP contribution in [-0.4, -0.2) is 66.9 Å². The first-order valence-electron chi connectivity index (χ1n) is 12.2. The highest BCUT2D eigenvalue weighted by atomic mass is 32.2. The van der Waals surface area contributed by atoms with Crippen molar-refractivity contribution in [3.8, 4) is 11.3 Å². The Morgan fingerprint density at radius 3 is 2.47 bits per heavy atom. The van der Waals surface area contributed by atoms with Crippen molar-refractivity contribution in [2.24, 2.45) is 0 Å². The number of rotatable bonds is 8. The molecule has 2 N–H and O–H groups in total. The highest BCUT2D eigenvalue weighted by Gasteiger charge is 2.15. The Hall–Kier alpha value is -3.63. The Kier molecular flexibility index (Phi) is 6.80. The number of piperazine rings is 1. The number of aromatic nitrogens is 3. The normalized spacial score (nSPS) is 14.8. The molecule has 3 heterocycles.